The van der Waals surface area contributed by atoms with Crippen molar-refractivity contribution in [2.45, 2.75) is 45.6 Å². The molecule has 5 heteroatoms. The van der Waals surface area contributed by atoms with Crippen molar-refractivity contribution < 1.29 is 9.59 Å². The van der Waals surface area contributed by atoms with Crippen LogP contribution in [0.3, 0.4) is 0 Å². The molecule has 0 aromatic rings. The van der Waals surface area contributed by atoms with Crippen LogP contribution in [0.1, 0.15) is 39.5 Å². The summed E-state index contributed by atoms with van der Waals surface area (Å²) in [5.41, 5.74) is 5.46. The fourth-order valence-electron chi connectivity index (χ4n) is 2.59. The summed E-state index contributed by atoms with van der Waals surface area (Å²) in [5, 5.41) is 3.04. The van der Waals surface area contributed by atoms with Crippen LogP contribution < -0.4 is 11.1 Å². The van der Waals surface area contributed by atoms with E-state index >= 15 is 0 Å². The average molecular weight is 267 g/mol. The highest BCUT2D eigenvalue weighted by molar-refractivity contribution is 5.85. The molecule has 0 radical (unpaired) electrons. The third kappa shape index (κ3) is 3.08. The number of piperidine rings is 1. The smallest absolute Gasteiger partial charge is 0.230 e. The highest BCUT2D eigenvalue weighted by Gasteiger charge is 2.50. The van der Waals surface area contributed by atoms with E-state index in [4.69, 9.17) is 5.73 Å². The van der Waals surface area contributed by atoms with Crippen molar-refractivity contribution in [3.05, 3.63) is 0 Å². The highest BCUT2D eigenvalue weighted by atomic mass is 16.2. The summed E-state index contributed by atoms with van der Waals surface area (Å²) < 4.78 is 0. The van der Waals surface area contributed by atoms with Gasteiger partial charge in [-0.05, 0) is 25.7 Å². The molecule has 2 amide bonds. The number of rotatable bonds is 4. The number of carbonyl (C=O) groups is 2. The van der Waals surface area contributed by atoms with Crippen molar-refractivity contribution in [3.63, 3.8) is 0 Å². The van der Waals surface area contributed by atoms with Crippen molar-refractivity contribution >= 4 is 11.8 Å². The van der Waals surface area contributed by atoms with Gasteiger partial charge in [0.05, 0.1) is 5.41 Å². The number of likely N-dealkylation sites (tertiary alicyclic amines) is 1. The summed E-state index contributed by atoms with van der Waals surface area (Å²) in [4.78, 5) is 25.9. The number of hydrogen-bond donors (Lipinski definition) is 2. The van der Waals surface area contributed by atoms with Gasteiger partial charge in [-0.3, -0.25) is 9.59 Å². The molecule has 108 valence electrons. The Kier molecular flexibility index (Phi) is 4.13. The minimum Gasteiger partial charge on any atom is -0.353 e. The molecule has 1 aliphatic carbocycles. The van der Waals surface area contributed by atoms with Gasteiger partial charge in [-0.15, -0.1) is 0 Å². The van der Waals surface area contributed by atoms with Crippen LogP contribution in [-0.4, -0.2) is 42.4 Å². The van der Waals surface area contributed by atoms with Gasteiger partial charge in [-0.2, -0.15) is 0 Å². The van der Waals surface area contributed by atoms with E-state index in [0.717, 1.165) is 38.8 Å². The first-order chi connectivity index (χ1) is 8.98. The zero-order valence-corrected chi connectivity index (χ0v) is 11.9. The van der Waals surface area contributed by atoms with Gasteiger partial charge < -0.3 is 16.0 Å². The fourth-order valence-corrected chi connectivity index (χ4v) is 2.59. The van der Waals surface area contributed by atoms with Crippen molar-refractivity contribution in [2.24, 2.45) is 17.1 Å². The quantitative estimate of drug-likeness (QED) is 0.778. The second-order valence-electron chi connectivity index (χ2n) is 6.21. The van der Waals surface area contributed by atoms with E-state index in [2.05, 4.69) is 5.32 Å². The van der Waals surface area contributed by atoms with Crippen LogP contribution in [0.25, 0.3) is 0 Å². The second-order valence-corrected chi connectivity index (χ2v) is 6.21. The second kappa shape index (κ2) is 5.49. The Morgan fingerprint density at radius 3 is 2.32 bits per heavy atom. The first-order valence-electron chi connectivity index (χ1n) is 7.28. The van der Waals surface area contributed by atoms with Crippen LogP contribution in [0.2, 0.25) is 0 Å². The first-order valence-corrected chi connectivity index (χ1v) is 7.28. The highest BCUT2D eigenvalue weighted by Crippen LogP contribution is 2.46. The molecular formula is C14H25N3O2. The molecule has 0 atom stereocenters. The maximum Gasteiger partial charge on any atom is 0.230 e. The van der Waals surface area contributed by atoms with E-state index in [0.29, 0.717) is 6.54 Å². The van der Waals surface area contributed by atoms with Gasteiger partial charge in [0, 0.05) is 31.6 Å². The van der Waals surface area contributed by atoms with E-state index in [1.165, 1.54) is 0 Å². The number of nitrogens with one attached hydrogen (secondary N) is 1. The predicted molar refractivity (Wildman–Crippen MR) is 73.3 cm³/mol. The lowest BCUT2D eigenvalue weighted by Gasteiger charge is -2.34. The minimum absolute atomic E-state index is 0.0200. The first kappa shape index (κ1) is 14.3. The molecule has 5 nitrogen and oxygen atoms in total. The Hall–Kier alpha value is -1.10. The van der Waals surface area contributed by atoms with Crippen LogP contribution in [0, 0.1) is 11.3 Å². The molecule has 19 heavy (non-hydrogen) atoms. The molecule has 0 bridgehead atoms. The van der Waals surface area contributed by atoms with Crippen molar-refractivity contribution in [1.29, 1.82) is 0 Å². The molecule has 0 spiro atoms. The van der Waals surface area contributed by atoms with Gasteiger partial charge in [0.15, 0.2) is 0 Å². The fraction of sp³-hybridized carbons (Fsp3) is 0.857. The van der Waals surface area contributed by atoms with Gasteiger partial charge in [0.25, 0.3) is 0 Å². The summed E-state index contributed by atoms with van der Waals surface area (Å²) in [6.07, 6.45) is 3.58. The summed E-state index contributed by atoms with van der Waals surface area (Å²) in [7, 11) is 0. The predicted octanol–water partition coefficient (Wildman–Crippen LogP) is 0.489. The SMILES string of the molecule is CC(C)C(=O)NC1CCN(C(=O)C2(CN)CC2)CC1. The molecule has 1 saturated carbocycles. The molecule has 2 rings (SSSR count). The minimum atomic E-state index is -0.242. The topological polar surface area (TPSA) is 75.4 Å². The molecule has 0 aromatic heterocycles. The standard InChI is InChI=1S/C14H25N3O2/c1-10(2)12(18)16-11-3-7-17(8-4-11)13(19)14(9-15)5-6-14/h10-11H,3-9,15H2,1-2H3,(H,16,18). The molecule has 1 aliphatic heterocycles. The van der Waals surface area contributed by atoms with Crippen LogP contribution in [0.4, 0.5) is 0 Å². The van der Waals surface area contributed by atoms with E-state index in [1.54, 1.807) is 0 Å². The summed E-state index contributed by atoms with van der Waals surface area (Å²) in [6, 6.07) is 0.215. The Bertz CT molecular complexity index is 356. The van der Waals surface area contributed by atoms with Gasteiger partial charge in [-0.25, -0.2) is 0 Å². The summed E-state index contributed by atoms with van der Waals surface area (Å²) in [5.74, 6) is 0.348. The number of nitrogens with two attached hydrogens (primary N) is 1. The van der Waals surface area contributed by atoms with Crippen molar-refractivity contribution in [1.82, 2.24) is 10.2 Å². The lowest BCUT2D eigenvalue weighted by Crippen LogP contribution is -2.50. The van der Waals surface area contributed by atoms with Gasteiger partial charge >= 0.3 is 0 Å². The molecule has 0 unspecified atom stereocenters. The summed E-state index contributed by atoms with van der Waals surface area (Å²) >= 11 is 0. The zero-order valence-electron chi connectivity index (χ0n) is 11.9. The molecule has 0 aromatic carbocycles. The van der Waals surface area contributed by atoms with E-state index in [9.17, 15) is 9.59 Å². The molecular weight excluding hydrogens is 242 g/mol. The molecule has 1 heterocycles. The Morgan fingerprint density at radius 2 is 1.89 bits per heavy atom. The zero-order chi connectivity index (χ0) is 14.0. The molecule has 3 N–H and O–H groups in total. The lowest BCUT2D eigenvalue weighted by atomic mass is 10.00. The number of hydrogen-bond acceptors (Lipinski definition) is 3. The lowest BCUT2D eigenvalue weighted by molar-refractivity contribution is -0.137. The molecule has 2 aliphatic rings. The van der Waals surface area contributed by atoms with E-state index in [1.807, 2.05) is 18.7 Å². The average Bonchev–Trinajstić information content (AvgIpc) is 3.19. The number of carbonyl (C=O) groups excluding carboxylic acids is 2. The Morgan fingerprint density at radius 1 is 1.32 bits per heavy atom. The maximum absolute atomic E-state index is 12.3. The van der Waals surface area contributed by atoms with Crippen LogP contribution in [0.15, 0.2) is 0 Å². The monoisotopic (exact) mass is 267 g/mol. The third-order valence-electron chi connectivity index (χ3n) is 4.35. The van der Waals surface area contributed by atoms with Crippen LogP contribution in [-0.2, 0) is 9.59 Å². The molecule has 2 fully saturated rings. The van der Waals surface area contributed by atoms with Crippen LogP contribution in [0.5, 0.6) is 0 Å². The van der Waals surface area contributed by atoms with Gasteiger partial charge in [0.1, 0.15) is 0 Å². The Balaban J connectivity index is 1.79. The van der Waals surface area contributed by atoms with Crippen molar-refractivity contribution in [2.75, 3.05) is 19.6 Å². The van der Waals surface area contributed by atoms with E-state index < -0.39 is 0 Å². The largest absolute Gasteiger partial charge is 0.353 e. The summed E-state index contributed by atoms with van der Waals surface area (Å²) in [6.45, 7) is 5.74. The molecule has 1 saturated heterocycles. The number of nitrogens with zero attached hydrogens (tertiary/aromatic N) is 1. The van der Waals surface area contributed by atoms with Crippen LogP contribution >= 0.6 is 0 Å². The van der Waals surface area contributed by atoms with Crippen molar-refractivity contribution in [3.8, 4) is 0 Å². The normalized spacial score (nSPS) is 22.4. The number of amides is 2. The Labute approximate surface area is 114 Å². The maximum atomic E-state index is 12.3. The van der Waals surface area contributed by atoms with Gasteiger partial charge in [-0.1, -0.05) is 13.8 Å². The van der Waals surface area contributed by atoms with E-state index in [-0.39, 0.29) is 29.2 Å². The third-order valence-corrected chi connectivity index (χ3v) is 4.35. The van der Waals surface area contributed by atoms with Gasteiger partial charge in [0.2, 0.25) is 11.8 Å².